The summed E-state index contributed by atoms with van der Waals surface area (Å²) in [7, 11) is 0. The Morgan fingerprint density at radius 3 is 2.70 bits per heavy atom. The molecule has 5 nitrogen and oxygen atoms in total. The quantitative estimate of drug-likeness (QED) is 0.463. The maximum Gasteiger partial charge on any atom is 0.291 e. The fraction of sp³-hybridized carbons (Fsp3) is 0.250. The van der Waals surface area contributed by atoms with Gasteiger partial charge in [0.1, 0.15) is 5.75 Å². The molecule has 3 aromatic heterocycles. The van der Waals surface area contributed by atoms with Gasteiger partial charge in [-0.15, -0.1) is 16.4 Å². The number of unbranched alkanes of at least 4 members (excludes halogenated alkanes) is 1. The molecule has 138 valence electrons. The summed E-state index contributed by atoms with van der Waals surface area (Å²) in [4.78, 5) is 18.9. The van der Waals surface area contributed by atoms with E-state index < -0.39 is 0 Å². The van der Waals surface area contributed by atoms with Gasteiger partial charge in [0.05, 0.1) is 11.1 Å². The van der Waals surface area contributed by atoms with Crippen molar-refractivity contribution < 1.29 is 4.74 Å². The lowest BCUT2D eigenvalue weighted by Crippen LogP contribution is -2.23. The molecule has 0 saturated carbocycles. The highest BCUT2D eigenvalue weighted by Gasteiger charge is 2.12. The molecule has 0 aliphatic carbocycles. The van der Waals surface area contributed by atoms with Gasteiger partial charge in [-0.25, -0.2) is 0 Å². The molecule has 0 fully saturated rings. The number of thiophene rings is 1. The van der Waals surface area contributed by atoms with E-state index in [9.17, 15) is 4.79 Å². The monoisotopic (exact) mass is 397 g/mol. The molecule has 0 spiro atoms. The van der Waals surface area contributed by atoms with Gasteiger partial charge >= 0.3 is 0 Å². The van der Waals surface area contributed by atoms with Crippen molar-refractivity contribution in [3.63, 3.8) is 0 Å². The Kier molecular flexibility index (Phi) is 5.05. The van der Waals surface area contributed by atoms with Crippen LogP contribution in [0.25, 0.3) is 22.4 Å². The molecule has 7 heteroatoms. The first kappa shape index (κ1) is 17.9. The maximum absolute atomic E-state index is 12.6. The molecule has 0 aliphatic rings. The summed E-state index contributed by atoms with van der Waals surface area (Å²) in [5, 5.41) is 6.43. The summed E-state index contributed by atoms with van der Waals surface area (Å²) in [5.41, 5.74) is 1.91. The number of nitrogens with zero attached hydrogens (tertiary/aromatic N) is 3. The SMILES string of the molecule is CCCCOc1ccc(-c2nc3sc(=Cc4sccc4C)c(=O)n3n2)cc1. The zero-order chi connectivity index (χ0) is 18.8. The molecule has 4 rings (SSSR count). The molecule has 0 unspecified atom stereocenters. The van der Waals surface area contributed by atoms with Crippen molar-refractivity contribution in [1.29, 1.82) is 0 Å². The van der Waals surface area contributed by atoms with Crippen molar-refractivity contribution in [2.24, 2.45) is 0 Å². The van der Waals surface area contributed by atoms with E-state index in [-0.39, 0.29) is 5.56 Å². The summed E-state index contributed by atoms with van der Waals surface area (Å²) >= 11 is 2.99. The average molecular weight is 398 g/mol. The van der Waals surface area contributed by atoms with Crippen LogP contribution in [-0.4, -0.2) is 21.2 Å². The lowest BCUT2D eigenvalue weighted by Gasteiger charge is -2.05. The van der Waals surface area contributed by atoms with Crippen LogP contribution in [0.3, 0.4) is 0 Å². The van der Waals surface area contributed by atoms with Gasteiger partial charge in [0.2, 0.25) is 4.96 Å². The number of hydrogen-bond donors (Lipinski definition) is 0. The third-order valence-corrected chi connectivity index (χ3v) is 6.15. The molecule has 0 amide bonds. The van der Waals surface area contributed by atoms with Crippen LogP contribution in [0.2, 0.25) is 0 Å². The van der Waals surface area contributed by atoms with Gasteiger partial charge in [0.15, 0.2) is 5.82 Å². The first-order valence-electron chi connectivity index (χ1n) is 8.84. The average Bonchev–Trinajstić information content (AvgIpc) is 3.34. The number of hydrogen-bond acceptors (Lipinski definition) is 6. The standard InChI is InChI=1S/C20H19N3O2S2/c1-3-4-10-25-15-7-5-14(6-8-15)18-21-20-23(22-18)19(24)17(27-20)12-16-13(2)9-11-26-16/h5-9,11-12H,3-4,10H2,1-2H3. The number of fused-ring (bicyclic) bond motifs is 1. The van der Waals surface area contributed by atoms with E-state index in [1.807, 2.05) is 48.7 Å². The van der Waals surface area contributed by atoms with Crippen LogP contribution in [-0.2, 0) is 0 Å². The molecule has 3 heterocycles. The van der Waals surface area contributed by atoms with Crippen molar-refractivity contribution in [3.05, 3.63) is 61.0 Å². The minimum Gasteiger partial charge on any atom is -0.494 e. The van der Waals surface area contributed by atoms with Crippen LogP contribution in [0.15, 0.2) is 40.5 Å². The van der Waals surface area contributed by atoms with Crippen molar-refractivity contribution in [2.75, 3.05) is 6.61 Å². The van der Waals surface area contributed by atoms with Gasteiger partial charge in [-0.3, -0.25) is 4.79 Å². The second-order valence-corrected chi connectivity index (χ2v) is 8.20. The molecular weight excluding hydrogens is 378 g/mol. The van der Waals surface area contributed by atoms with Crippen molar-refractivity contribution >= 4 is 33.7 Å². The summed E-state index contributed by atoms with van der Waals surface area (Å²) < 4.78 is 7.72. The van der Waals surface area contributed by atoms with E-state index in [1.165, 1.54) is 21.4 Å². The lowest BCUT2D eigenvalue weighted by atomic mass is 10.2. The largest absolute Gasteiger partial charge is 0.494 e. The molecule has 1 aromatic carbocycles. The molecule has 27 heavy (non-hydrogen) atoms. The first-order valence-corrected chi connectivity index (χ1v) is 10.5. The number of aryl methyl sites for hydroxylation is 1. The van der Waals surface area contributed by atoms with Gasteiger partial charge in [-0.1, -0.05) is 24.7 Å². The summed E-state index contributed by atoms with van der Waals surface area (Å²) in [6, 6.07) is 9.72. The minimum absolute atomic E-state index is 0.124. The second-order valence-electron chi connectivity index (χ2n) is 6.24. The lowest BCUT2D eigenvalue weighted by molar-refractivity contribution is 0.309. The fourth-order valence-corrected chi connectivity index (χ4v) is 4.46. The third kappa shape index (κ3) is 3.65. The highest BCUT2D eigenvalue weighted by Crippen LogP contribution is 2.21. The van der Waals surface area contributed by atoms with E-state index in [2.05, 4.69) is 17.0 Å². The Bertz CT molecular complexity index is 1170. The maximum atomic E-state index is 12.6. The van der Waals surface area contributed by atoms with Gasteiger partial charge < -0.3 is 4.74 Å². The van der Waals surface area contributed by atoms with Crippen LogP contribution in [0, 0.1) is 6.92 Å². The van der Waals surface area contributed by atoms with Crippen LogP contribution in [0.1, 0.15) is 30.2 Å². The molecule has 0 bridgehead atoms. The zero-order valence-electron chi connectivity index (χ0n) is 15.1. The first-order chi connectivity index (χ1) is 13.2. The number of aromatic nitrogens is 3. The van der Waals surface area contributed by atoms with E-state index in [4.69, 9.17) is 4.74 Å². The molecule has 0 aliphatic heterocycles. The van der Waals surface area contributed by atoms with Crippen LogP contribution in [0.4, 0.5) is 0 Å². The topological polar surface area (TPSA) is 56.5 Å². The smallest absolute Gasteiger partial charge is 0.291 e. The second kappa shape index (κ2) is 7.62. The van der Waals surface area contributed by atoms with E-state index in [0.29, 0.717) is 15.3 Å². The van der Waals surface area contributed by atoms with Gasteiger partial charge in [-0.05, 0) is 60.7 Å². The third-order valence-electron chi connectivity index (χ3n) is 4.22. The van der Waals surface area contributed by atoms with Crippen LogP contribution < -0.4 is 14.8 Å². The van der Waals surface area contributed by atoms with Gasteiger partial charge in [0, 0.05) is 10.4 Å². The highest BCUT2D eigenvalue weighted by atomic mass is 32.1. The number of ether oxygens (including phenoxy) is 1. The Labute approximate surface area is 164 Å². The number of rotatable bonds is 6. The summed E-state index contributed by atoms with van der Waals surface area (Å²) in [5.74, 6) is 1.39. The van der Waals surface area contributed by atoms with Gasteiger partial charge in [-0.2, -0.15) is 9.50 Å². The van der Waals surface area contributed by atoms with E-state index >= 15 is 0 Å². The molecule has 0 atom stereocenters. The molecular formula is C20H19N3O2S2. The Morgan fingerprint density at radius 1 is 1.22 bits per heavy atom. The van der Waals surface area contributed by atoms with Crippen molar-refractivity contribution in [2.45, 2.75) is 26.7 Å². The van der Waals surface area contributed by atoms with Crippen molar-refractivity contribution in [3.8, 4) is 17.1 Å². The fourth-order valence-electron chi connectivity index (χ4n) is 2.64. The van der Waals surface area contributed by atoms with Crippen molar-refractivity contribution in [1.82, 2.24) is 14.6 Å². The predicted octanol–water partition coefficient (Wildman–Crippen LogP) is 3.91. The Morgan fingerprint density at radius 2 is 2.04 bits per heavy atom. The number of thiazole rings is 1. The summed E-state index contributed by atoms with van der Waals surface area (Å²) in [6.45, 7) is 4.89. The molecule has 0 N–H and O–H groups in total. The molecule has 4 aromatic rings. The Hall–Kier alpha value is -2.51. The normalized spacial score (nSPS) is 12.1. The molecule has 0 saturated heterocycles. The predicted molar refractivity (Wildman–Crippen MR) is 111 cm³/mol. The van der Waals surface area contributed by atoms with E-state index in [0.717, 1.165) is 35.6 Å². The minimum atomic E-state index is -0.124. The highest BCUT2D eigenvalue weighted by molar-refractivity contribution is 7.15. The van der Waals surface area contributed by atoms with Crippen LogP contribution >= 0.6 is 22.7 Å². The Balaban J connectivity index is 1.62. The van der Waals surface area contributed by atoms with Gasteiger partial charge in [0.25, 0.3) is 5.56 Å². The molecule has 0 radical (unpaired) electrons. The van der Waals surface area contributed by atoms with E-state index in [1.54, 1.807) is 11.3 Å². The summed E-state index contributed by atoms with van der Waals surface area (Å²) in [6.07, 6.45) is 4.07. The zero-order valence-corrected chi connectivity index (χ0v) is 16.8. The van der Waals surface area contributed by atoms with Crippen LogP contribution in [0.5, 0.6) is 5.75 Å². The number of benzene rings is 1.